The molecule has 0 radical (unpaired) electrons. The van der Waals surface area contributed by atoms with Gasteiger partial charge >= 0.3 is 0 Å². The number of aromatic nitrogens is 3. The van der Waals surface area contributed by atoms with Gasteiger partial charge < -0.3 is 4.42 Å². The first-order valence-corrected chi connectivity index (χ1v) is 17.4. The van der Waals surface area contributed by atoms with Crippen LogP contribution in [0.1, 0.15) is 12.3 Å². The van der Waals surface area contributed by atoms with Gasteiger partial charge in [0.15, 0.2) is 17.5 Å². The number of furan rings is 1. The van der Waals surface area contributed by atoms with E-state index in [0.717, 1.165) is 41.7 Å². The third-order valence-electron chi connectivity index (χ3n) is 9.47. The average Bonchev–Trinajstić information content (AvgIpc) is 3.84. The van der Waals surface area contributed by atoms with Crippen LogP contribution in [0.2, 0.25) is 0 Å². The Labute approximate surface area is 314 Å². The minimum atomic E-state index is -0.568. The summed E-state index contributed by atoms with van der Waals surface area (Å²) in [6.45, 7) is 0. The van der Waals surface area contributed by atoms with Gasteiger partial charge in [0.1, 0.15) is 11.2 Å². The molecule has 0 spiro atoms. The lowest BCUT2D eigenvalue weighted by Gasteiger charge is -2.10. The Morgan fingerprint density at radius 2 is 1.19 bits per heavy atom. The molecule has 3 heterocycles. The maximum Gasteiger partial charge on any atom is 0.164 e. The minimum Gasteiger partial charge on any atom is -0.456 e. The number of hydrogen-bond acceptors (Lipinski definition) is 5. The molecule has 11 aromatic rings. The van der Waals surface area contributed by atoms with E-state index in [-0.39, 0.29) is 69.3 Å². The number of nitrogens with zero attached hydrogens (tertiary/aromatic N) is 3. The van der Waals surface area contributed by atoms with Crippen molar-refractivity contribution in [1.29, 1.82) is 0 Å². The summed E-state index contributed by atoms with van der Waals surface area (Å²) in [5.41, 5.74) is 1.57. The summed E-state index contributed by atoms with van der Waals surface area (Å²) in [4.78, 5) is 14.4. The van der Waals surface area contributed by atoms with E-state index in [4.69, 9.17) is 27.6 Å². The minimum absolute atomic E-state index is 0.0353. The van der Waals surface area contributed by atoms with Crippen LogP contribution in [0.25, 0.3) is 109 Å². The molecule has 0 amide bonds. The van der Waals surface area contributed by atoms with Crippen molar-refractivity contribution in [3.05, 3.63) is 164 Å². The maximum absolute atomic E-state index is 9.43. The van der Waals surface area contributed by atoms with E-state index in [0.29, 0.717) is 22.1 Å². The normalized spacial score (nSPS) is 14.3. The molecule has 0 atom stereocenters. The Hall–Kier alpha value is -6.69. The van der Waals surface area contributed by atoms with Gasteiger partial charge in [0.2, 0.25) is 0 Å². The number of fused-ring (bicyclic) bond motifs is 9. The molecule has 3 aromatic heterocycles. The predicted molar refractivity (Wildman–Crippen MR) is 217 cm³/mol. The van der Waals surface area contributed by atoms with Gasteiger partial charge in [-0.3, -0.25) is 0 Å². The maximum atomic E-state index is 9.43. The molecule has 0 saturated heterocycles. The second kappa shape index (κ2) is 11.4. The van der Waals surface area contributed by atoms with Crippen molar-refractivity contribution >= 4 is 75.0 Å². The highest BCUT2D eigenvalue weighted by Gasteiger charge is 2.19. The molecule has 0 unspecified atom stereocenters. The molecule has 242 valence electrons. The zero-order valence-electron chi connectivity index (χ0n) is 36.1. The first-order valence-electron chi connectivity index (χ1n) is 21.1. The highest BCUT2D eigenvalue weighted by Crippen LogP contribution is 2.40. The summed E-state index contributed by atoms with van der Waals surface area (Å²) in [5.74, 6) is -0.190. The molecule has 0 saturated carbocycles. The molecule has 0 bridgehead atoms. The van der Waals surface area contributed by atoms with Crippen molar-refractivity contribution in [2.24, 2.45) is 0 Å². The fourth-order valence-electron chi connectivity index (χ4n) is 7.01. The van der Waals surface area contributed by atoms with Crippen molar-refractivity contribution in [2.75, 3.05) is 0 Å². The van der Waals surface area contributed by atoms with Crippen LogP contribution in [-0.2, 0) is 0 Å². The van der Waals surface area contributed by atoms with Crippen LogP contribution in [0.15, 0.2) is 168 Å². The van der Waals surface area contributed by atoms with Gasteiger partial charge in [-0.05, 0) is 69.0 Å². The Bertz CT molecular complexity index is 3700. The lowest BCUT2D eigenvalue weighted by molar-refractivity contribution is 0.669. The van der Waals surface area contributed by atoms with E-state index in [1.54, 1.807) is 17.4 Å². The monoisotopic (exact) mass is 690 g/mol. The smallest absolute Gasteiger partial charge is 0.164 e. The standard InChI is InChI=1S/C47H27N3OS/c1-2-10-30(11-3-1)45-48-46(33-20-19-29-18-17-28-9-4-5-12-34(28)39(29)25-33)50-47(49-45)38-14-8-15-40-44(38)37-24-22-31(26-41(37)51-40)32-21-23-36-35-13-6-7-16-42(35)52-43(36)27-32/h1-27H/i1D,2D,3D,10D,11D,14D,15D,22D,26D. The van der Waals surface area contributed by atoms with E-state index in [2.05, 4.69) is 12.1 Å². The molecule has 0 N–H and O–H groups in total. The van der Waals surface area contributed by atoms with Gasteiger partial charge in [-0.1, -0.05) is 127 Å². The van der Waals surface area contributed by atoms with Crippen molar-refractivity contribution in [3.63, 3.8) is 0 Å². The summed E-state index contributed by atoms with van der Waals surface area (Å²) < 4.78 is 88.1. The fraction of sp³-hybridized carbons (Fsp3) is 0. The second-order valence-corrected chi connectivity index (χ2v) is 13.6. The zero-order valence-corrected chi connectivity index (χ0v) is 27.9. The summed E-state index contributed by atoms with van der Waals surface area (Å²) in [5, 5.41) is 6.65. The van der Waals surface area contributed by atoms with Gasteiger partial charge in [-0.2, -0.15) is 0 Å². The van der Waals surface area contributed by atoms with Crippen LogP contribution < -0.4 is 0 Å². The molecule has 0 aliphatic heterocycles. The molecule has 11 rings (SSSR count). The lowest BCUT2D eigenvalue weighted by atomic mass is 9.99. The topological polar surface area (TPSA) is 51.8 Å². The van der Waals surface area contributed by atoms with Crippen LogP contribution in [0.3, 0.4) is 0 Å². The Kier molecular flexibility index (Phi) is 4.72. The van der Waals surface area contributed by atoms with Crippen molar-refractivity contribution in [2.45, 2.75) is 0 Å². The third kappa shape index (κ3) is 4.64. The van der Waals surface area contributed by atoms with Gasteiger partial charge in [-0.15, -0.1) is 11.3 Å². The van der Waals surface area contributed by atoms with Crippen LogP contribution in [0.4, 0.5) is 0 Å². The first kappa shape index (κ1) is 21.5. The number of rotatable bonds is 4. The number of thiophene rings is 1. The summed E-state index contributed by atoms with van der Waals surface area (Å²) in [6.07, 6.45) is 0. The molecule has 4 nitrogen and oxygen atoms in total. The van der Waals surface area contributed by atoms with Gasteiger partial charge in [-0.25, -0.2) is 15.0 Å². The average molecular weight is 691 g/mol. The van der Waals surface area contributed by atoms with E-state index in [9.17, 15) is 4.11 Å². The largest absolute Gasteiger partial charge is 0.456 e. The summed E-state index contributed by atoms with van der Waals surface area (Å²) >= 11 is 1.63. The molecular weight excluding hydrogens is 655 g/mol. The molecule has 0 fully saturated rings. The predicted octanol–water partition coefficient (Wildman–Crippen LogP) is 13.1. The van der Waals surface area contributed by atoms with Gasteiger partial charge in [0.25, 0.3) is 0 Å². The van der Waals surface area contributed by atoms with Crippen molar-refractivity contribution in [3.8, 4) is 45.3 Å². The van der Waals surface area contributed by atoms with Crippen LogP contribution in [0.5, 0.6) is 0 Å². The number of benzene rings is 8. The van der Waals surface area contributed by atoms with E-state index in [1.807, 2.05) is 84.9 Å². The summed E-state index contributed by atoms with van der Waals surface area (Å²) in [6, 6.07) is 31.5. The summed E-state index contributed by atoms with van der Waals surface area (Å²) in [7, 11) is 0. The quantitative estimate of drug-likeness (QED) is 0.173. The van der Waals surface area contributed by atoms with E-state index in [1.165, 1.54) is 6.07 Å². The SMILES string of the molecule is [2H]c1cc2c(oc3c([2H])cc([2H])c(-c4nc(-c5ccc6ccc7ccccc7c6c5)nc(-c5c([2H])c([2H])c([2H])c([2H])c5[2H])n4)c32)c([2H])c1-c1ccc2c(c1)sc1ccccc12. The molecular formula is C47H27N3OS. The van der Waals surface area contributed by atoms with E-state index >= 15 is 0 Å². The Morgan fingerprint density at radius 1 is 0.462 bits per heavy atom. The van der Waals surface area contributed by atoms with Crippen LogP contribution in [0, 0.1) is 0 Å². The second-order valence-electron chi connectivity index (χ2n) is 12.5. The van der Waals surface area contributed by atoms with Gasteiger partial charge in [0, 0.05) is 47.6 Å². The highest BCUT2D eigenvalue weighted by molar-refractivity contribution is 7.25. The van der Waals surface area contributed by atoms with Crippen molar-refractivity contribution in [1.82, 2.24) is 15.0 Å². The first-order chi connectivity index (χ1) is 29.5. The highest BCUT2D eigenvalue weighted by atomic mass is 32.1. The Balaban J connectivity index is 1.18. The number of hydrogen-bond donors (Lipinski definition) is 0. The molecule has 8 aromatic carbocycles. The zero-order chi connectivity index (χ0) is 42.0. The lowest BCUT2D eigenvalue weighted by Crippen LogP contribution is -2.00. The molecule has 52 heavy (non-hydrogen) atoms. The van der Waals surface area contributed by atoms with Crippen molar-refractivity contribution < 1.29 is 16.8 Å². The molecule has 0 aliphatic carbocycles. The Morgan fingerprint density at radius 3 is 2.10 bits per heavy atom. The molecule has 5 heteroatoms. The fourth-order valence-corrected chi connectivity index (χ4v) is 8.15. The van der Waals surface area contributed by atoms with Crippen LogP contribution in [-0.4, -0.2) is 15.0 Å². The van der Waals surface area contributed by atoms with Crippen LogP contribution >= 0.6 is 11.3 Å². The third-order valence-corrected chi connectivity index (χ3v) is 10.6. The van der Waals surface area contributed by atoms with E-state index < -0.39 is 30.2 Å². The molecule has 0 aliphatic rings. The van der Waals surface area contributed by atoms with Gasteiger partial charge in [0.05, 0.1) is 12.3 Å².